The highest BCUT2D eigenvalue weighted by atomic mass is 35.5. The topological polar surface area (TPSA) is 111 Å². The van der Waals surface area contributed by atoms with E-state index in [0.29, 0.717) is 39.5 Å². The van der Waals surface area contributed by atoms with Crippen molar-refractivity contribution in [3.8, 4) is 28.4 Å². The van der Waals surface area contributed by atoms with Gasteiger partial charge in [0.25, 0.3) is 0 Å². The van der Waals surface area contributed by atoms with Crippen molar-refractivity contribution in [3.63, 3.8) is 0 Å². The Bertz CT molecular complexity index is 1240. The minimum absolute atomic E-state index is 0.200. The number of aromatic amines is 1. The van der Waals surface area contributed by atoms with Crippen LogP contribution in [0.15, 0.2) is 42.9 Å². The molecule has 2 N–H and O–H groups in total. The average Bonchev–Trinajstić information content (AvgIpc) is 3.28. The number of halogens is 2. The standard InChI is InChI=1S/C20H15Cl2N5O4/c1-29-12-9-13(30-2)17(22)15(16(12)21)10-3-4-11(19-18(10)23-7-8-24-19)31-20(28)26-14-5-6-25-27-14/h3-9H,1-2H3,(H2,25,26,27,28). The number of H-pyrrole nitrogens is 1. The van der Waals surface area contributed by atoms with E-state index in [4.69, 9.17) is 37.4 Å². The fourth-order valence-electron chi connectivity index (χ4n) is 3.00. The molecule has 0 aliphatic rings. The van der Waals surface area contributed by atoms with E-state index in [1.54, 1.807) is 24.3 Å². The second-order valence-corrected chi connectivity index (χ2v) is 6.89. The molecule has 0 bridgehead atoms. The van der Waals surface area contributed by atoms with Crippen LogP contribution in [0.3, 0.4) is 0 Å². The minimum atomic E-state index is -0.719. The maximum absolute atomic E-state index is 12.2. The largest absolute Gasteiger partial charge is 0.495 e. The van der Waals surface area contributed by atoms with Crippen molar-refractivity contribution >= 4 is 46.1 Å². The van der Waals surface area contributed by atoms with Crippen molar-refractivity contribution in [3.05, 3.63) is 52.9 Å². The Morgan fingerprint density at radius 3 is 2.23 bits per heavy atom. The van der Waals surface area contributed by atoms with E-state index in [9.17, 15) is 4.79 Å². The van der Waals surface area contributed by atoms with Crippen molar-refractivity contribution in [2.45, 2.75) is 0 Å². The first-order valence-corrected chi connectivity index (χ1v) is 9.61. The lowest BCUT2D eigenvalue weighted by molar-refractivity contribution is 0.215. The summed E-state index contributed by atoms with van der Waals surface area (Å²) in [6.07, 6.45) is 3.78. The number of aromatic nitrogens is 4. The van der Waals surface area contributed by atoms with Gasteiger partial charge in [0, 0.05) is 35.7 Å². The quantitative estimate of drug-likeness (QED) is 0.433. The molecule has 9 nitrogen and oxygen atoms in total. The van der Waals surface area contributed by atoms with Crippen molar-refractivity contribution in [1.82, 2.24) is 20.2 Å². The number of nitrogens with one attached hydrogen (secondary N) is 2. The molecular formula is C20H15Cl2N5O4. The van der Waals surface area contributed by atoms with Crippen LogP contribution in [-0.2, 0) is 0 Å². The van der Waals surface area contributed by atoms with E-state index in [2.05, 4.69) is 25.5 Å². The summed E-state index contributed by atoms with van der Waals surface area (Å²) < 4.78 is 16.1. The Kier molecular flexibility index (Phi) is 5.79. The van der Waals surface area contributed by atoms with Crippen LogP contribution in [0.1, 0.15) is 0 Å². The molecule has 2 aromatic carbocycles. The van der Waals surface area contributed by atoms with Gasteiger partial charge in [0.1, 0.15) is 28.4 Å². The Hall–Kier alpha value is -3.56. The predicted molar refractivity (Wildman–Crippen MR) is 116 cm³/mol. The lowest BCUT2D eigenvalue weighted by Gasteiger charge is -2.16. The van der Waals surface area contributed by atoms with Crippen LogP contribution in [0, 0.1) is 0 Å². The molecule has 0 aliphatic heterocycles. The Labute approximate surface area is 186 Å². The van der Waals surface area contributed by atoms with Crippen molar-refractivity contribution < 1.29 is 19.0 Å². The van der Waals surface area contributed by atoms with Gasteiger partial charge in [-0.15, -0.1) is 0 Å². The number of anilines is 1. The molecule has 11 heteroatoms. The minimum Gasteiger partial charge on any atom is -0.495 e. The highest BCUT2D eigenvalue weighted by Gasteiger charge is 2.22. The number of hydrogen-bond acceptors (Lipinski definition) is 7. The molecule has 1 amide bonds. The summed E-state index contributed by atoms with van der Waals surface area (Å²) in [6, 6.07) is 6.45. The molecule has 0 saturated carbocycles. The maximum atomic E-state index is 12.2. The van der Waals surface area contributed by atoms with E-state index in [1.165, 1.54) is 32.8 Å². The van der Waals surface area contributed by atoms with Crippen molar-refractivity contribution in [2.24, 2.45) is 0 Å². The molecule has 4 rings (SSSR count). The van der Waals surface area contributed by atoms with Gasteiger partial charge in [-0.2, -0.15) is 5.10 Å². The number of carbonyl (C=O) groups excluding carboxylic acids is 1. The fourth-order valence-corrected chi connectivity index (χ4v) is 3.70. The molecule has 0 spiro atoms. The molecule has 0 fully saturated rings. The Morgan fingerprint density at radius 2 is 1.61 bits per heavy atom. The molecule has 0 atom stereocenters. The van der Waals surface area contributed by atoms with Gasteiger partial charge >= 0.3 is 6.09 Å². The van der Waals surface area contributed by atoms with E-state index >= 15 is 0 Å². The van der Waals surface area contributed by atoms with Crippen LogP contribution in [0.2, 0.25) is 10.0 Å². The maximum Gasteiger partial charge on any atom is 0.418 e. The van der Waals surface area contributed by atoms with Crippen LogP contribution < -0.4 is 19.5 Å². The van der Waals surface area contributed by atoms with Gasteiger partial charge in [-0.25, -0.2) is 9.78 Å². The Morgan fingerprint density at radius 1 is 0.935 bits per heavy atom. The first-order valence-electron chi connectivity index (χ1n) is 8.85. The third-order valence-electron chi connectivity index (χ3n) is 4.37. The smallest absolute Gasteiger partial charge is 0.418 e. The van der Waals surface area contributed by atoms with Crippen molar-refractivity contribution in [1.29, 1.82) is 0 Å². The number of ether oxygens (including phenoxy) is 3. The lowest BCUT2D eigenvalue weighted by Crippen LogP contribution is -2.17. The first kappa shape index (κ1) is 20.7. The number of hydrogen-bond donors (Lipinski definition) is 2. The van der Waals surface area contributed by atoms with Crippen LogP contribution in [0.5, 0.6) is 17.2 Å². The van der Waals surface area contributed by atoms with Crippen LogP contribution in [0.4, 0.5) is 10.6 Å². The number of amides is 1. The molecule has 2 aromatic heterocycles. The molecule has 2 heterocycles. The van der Waals surface area contributed by atoms with Gasteiger partial charge < -0.3 is 14.2 Å². The van der Waals surface area contributed by atoms with Gasteiger partial charge in [0.2, 0.25) is 0 Å². The molecular weight excluding hydrogens is 445 g/mol. The van der Waals surface area contributed by atoms with Gasteiger partial charge in [0.15, 0.2) is 5.75 Å². The monoisotopic (exact) mass is 459 g/mol. The summed E-state index contributed by atoms with van der Waals surface area (Å²) >= 11 is 13.1. The summed E-state index contributed by atoms with van der Waals surface area (Å²) in [6.45, 7) is 0. The van der Waals surface area contributed by atoms with E-state index in [1.807, 2.05) is 0 Å². The van der Waals surface area contributed by atoms with Gasteiger partial charge in [-0.3, -0.25) is 15.4 Å². The highest BCUT2D eigenvalue weighted by Crippen LogP contribution is 2.47. The fraction of sp³-hybridized carbons (Fsp3) is 0.100. The van der Waals surface area contributed by atoms with Crippen molar-refractivity contribution in [2.75, 3.05) is 19.5 Å². The summed E-state index contributed by atoms with van der Waals surface area (Å²) in [7, 11) is 2.98. The SMILES string of the molecule is COc1cc(OC)c(Cl)c(-c2ccc(OC(=O)Nc3ccn[nH]3)c3nccnc23)c1Cl. The van der Waals surface area contributed by atoms with E-state index < -0.39 is 6.09 Å². The molecule has 31 heavy (non-hydrogen) atoms. The molecule has 0 aliphatic carbocycles. The molecule has 0 saturated heterocycles. The average molecular weight is 460 g/mol. The number of carbonyl (C=O) groups is 1. The third-order valence-corrected chi connectivity index (χ3v) is 5.12. The van der Waals surface area contributed by atoms with Gasteiger partial charge in [-0.1, -0.05) is 23.2 Å². The highest BCUT2D eigenvalue weighted by molar-refractivity contribution is 6.41. The van der Waals surface area contributed by atoms with Crippen LogP contribution >= 0.6 is 23.2 Å². The molecule has 0 unspecified atom stereocenters. The molecule has 158 valence electrons. The normalized spacial score (nSPS) is 10.7. The number of methoxy groups -OCH3 is 2. The summed E-state index contributed by atoms with van der Waals surface area (Å²) in [4.78, 5) is 21.0. The van der Waals surface area contributed by atoms with Gasteiger partial charge in [-0.05, 0) is 12.1 Å². The molecule has 0 radical (unpaired) electrons. The number of rotatable bonds is 5. The number of fused-ring (bicyclic) bond motifs is 1. The van der Waals surface area contributed by atoms with Crippen LogP contribution in [0.25, 0.3) is 22.2 Å². The summed E-state index contributed by atoms with van der Waals surface area (Å²) in [5.41, 5.74) is 1.79. The Balaban J connectivity index is 1.82. The zero-order chi connectivity index (χ0) is 22.0. The number of nitrogens with zero attached hydrogens (tertiary/aromatic N) is 3. The second-order valence-electron chi connectivity index (χ2n) is 6.13. The van der Waals surface area contributed by atoms with Crippen LogP contribution in [-0.4, -0.2) is 40.5 Å². The second kappa shape index (κ2) is 8.66. The lowest BCUT2D eigenvalue weighted by atomic mass is 10.0. The van der Waals surface area contributed by atoms with E-state index in [0.717, 1.165) is 0 Å². The van der Waals surface area contributed by atoms with E-state index in [-0.39, 0.29) is 15.8 Å². The zero-order valence-corrected chi connectivity index (χ0v) is 17.8. The van der Waals surface area contributed by atoms with Gasteiger partial charge in [0.05, 0.1) is 30.5 Å². The summed E-state index contributed by atoms with van der Waals surface area (Å²) in [5, 5.41) is 9.47. The third kappa shape index (κ3) is 3.92. The first-order chi connectivity index (χ1) is 15.0. The number of benzene rings is 2. The zero-order valence-electron chi connectivity index (χ0n) is 16.3. The summed E-state index contributed by atoms with van der Waals surface area (Å²) in [5.74, 6) is 1.36. The molecule has 4 aromatic rings. The predicted octanol–water partition coefficient (Wildman–Crippen LogP) is 4.95.